The SMILES string of the molecule is CC(C)c1cc[c-]c(N2[CH-]N(C)c3nccnc32)c1.[Ir].[c-]1ccccc1N1[CH-]N(CCCCN2[CH-]N(c3[c-]cccc3)c3ncccc32)c2cccnc21. The van der Waals surface area contributed by atoms with Gasteiger partial charge in [-0.3, -0.25) is 0 Å². The Morgan fingerprint density at radius 3 is 1.61 bits per heavy atom. The molecular weight excluding hydrogens is 849 g/mol. The fourth-order valence-corrected chi connectivity index (χ4v) is 6.62. The van der Waals surface area contributed by atoms with Crippen molar-refractivity contribution in [3.63, 3.8) is 0 Å². The number of para-hydroxylation sites is 2. The van der Waals surface area contributed by atoms with E-state index in [0.717, 1.165) is 77.6 Å². The van der Waals surface area contributed by atoms with Crippen LogP contribution in [0.3, 0.4) is 0 Å². The van der Waals surface area contributed by atoms with Gasteiger partial charge in [0, 0.05) is 56.3 Å². The molecule has 54 heavy (non-hydrogen) atoms. The molecule has 0 atom stereocenters. The van der Waals surface area contributed by atoms with Crippen molar-refractivity contribution in [1.29, 1.82) is 0 Å². The second kappa shape index (κ2) is 16.7. The van der Waals surface area contributed by atoms with Gasteiger partial charge < -0.3 is 29.4 Å². The van der Waals surface area contributed by atoms with Gasteiger partial charge in [-0.2, -0.15) is 97.8 Å². The van der Waals surface area contributed by atoms with E-state index in [1.54, 1.807) is 12.4 Å². The first kappa shape index (κ1) is 36.8. The van der Waals surface area contributed by atoms with Crippen molar-refractivity contribution in [2.75, 3.05) is 49.5 Å². The number of rotatable bonds is 9. The van der Waals surface area contributed by atoms with E-state index >= 15 is 0 Å². The van der Waals surface area contributed by atoms with E-state index in [9.17, 15) is 0 Å². The van der Waals surface area contributed by atoms with Crippen molar-refractivity contribution in [3.8, 4) is 0 Å². The van der Waals surface area contributed by atoms with Crippen LogP contribution in [0.15, 0.2) is 116 Å². The summed E-state index contributed by atoms with van der Waals surface area (Å²) in [7, 11) is 1.97. The number of benzene rings is 3. The molecule has 1 radical (unpaired) electrons. The largest absolute Gasteiger partial charge is 0.500 e. The smallest absolute Gasteiger partial charge is 0.143 e. The van der Waals surface area contributed by atoms with E-state index in [1.807, 2.05) is 90.5 Å². The van der Waals surface area contributed by atoms with Gasteiger partial charge in [0.25, 0.3) is 0 Å². The van der Waals surface area contributed by atoms with Crippen molar-refractivity contribution in [2.45, 2.75) is 32.6 Å². The topological polar surface area (TPSA) is 71.0 Å². The Kier molecular flexibility index (Phi) is 11.4. The number of nitrogens with zero attached hydrogens (tertiary/aromatic N) is 10. The van der Waals surface area contributed by atoms with Crippen molar-refractivity contribution in [3.05, 3.63) is 160 Å². The van der Waals surface area contributed by atoms with Crippen molar-refractivity contribution in [2.24, 2.45) is 0 Å². The maximum Gasteiger partial charge on any atom is 0.143 e. The van der Waals surface area contributed by atoms with E-state index in [0.29, 0.717) is 5.92 Å². The maximum atomic E-state index is 4.63. The monoisotopic (exact) mass is 889 g/mol. The van der Waals surface area contributed by atoms with E-state index in [2.05, 4.69) is 121 Å². The fraction of sp³-hybridized carbons (Fsp3) is 0.186. The summed E-state index contributed by atoms with van der Waals surface area (Å²) in [5, 5.41) is 0. The van der Waals surface area contributed by atoms with Gasteiger partial charge >= 0.3 is 0 Å². The minimum Gasteiger partial charge on any atom is -0.500 e. The molecule has 0 aliphatic carbocycles. The molecule has 3 aromatic heterocycles. The van der Waals surface area contributed by atoms with Crippen LogP contribution in [0, 0.1) is 38.2 Å². The number of hydrogen-bond donors (Lipinski definition) is 0. The zero-order valence-corrected chi connectivity index (χ0v) is 32.8. The average molecular weight is 889 g/mol. The van der Waals surface area contributed by atoms with Crippen molar-refractivity contribution < 1.29 is 20.1 Å². The molecule has 0 unspecified atom stereocenters. The minimum atomic E-state index is 0. The Morgan fingerprint density at radius 1 is 0.556 bits per heavy atom. The number of aromatic nitrogens is 4. The maximum absolute atomic E-state index is 4.63. The molecule has 0 saturated carbocycles. The molecule has 277 valence electrons. The van der Waals surface area contributed by atoms with Crippen LogP contribution < -0.4 is 29.4 Å². The Labute approximate surface area is 332 Å². The molecule has 10 nitrogen and oxygen atoms in total. The summed E-state index contributed by atoms with van der Waals surface area (Å²) in [4.78, 5) is 30.8. The summed E-state index contributed by atoms with van der Waals surface area (Å²) in [5.41, 5.74) is 6.55. The summed E-state index contributed by atoms with van der Waals surface area (Å²) < 4.78 is 0. The zero-order chi connectivity index (χ0) is 36.1. The van der Waals surface area contributed by atoms with Crippen molar-refractivity contribution >= 4 is 51.7 Å². The Morgan fingerprint density at radius 2 is 1.07 bits per heavy atom. The van der Waals surface area contributed by atoms with E-state index in [1.165, 1.54) is 5.56 Å². The molecule has 0 fully saturated rings. The molecule has 3 aliphatic rings. The van der Waals surface area contributed by atoms with Crippen LogP contribution in [0.5, 0.6) is 0 Å². The van der Waals surface area contributed by atoms with Gasteiger partial charge in [-0.25, -0.2) is 19.9 Å². The van der Waals surface area contributed by atoms with Crippen LogP contribution in [0.1, 0.15) is 38.2 Å². The van der Waals surface area contributed by atoms with Crippen molar-refractivity contribution in [1.82, 2.24) is 19.9 Å². The number of fused-ring (bicyclic) bond motifs is 3. The van der Waals surface area contributed by atoms with Gasteiger partial charge in [0.2, 0.25) is 0 Å². The van der Waals surface area contributed by atoms with Gasteiger partial charge in [0.15, 0.2) is 0 Å². The van der Waals surface area contributed by atoms with Gasteiger partial charge in [-0.05, 0) is 63.2 Å². The molecule has 0 amide bonds. The second-order valence-electron chi connectivity index (χ2n) is 13.2. The molecule has 6 heterocycles. The van der Waals surface area contributed by atoms with Crippen LogP contribution in [-0.2, 0) is 20.1 Å². The van der Waals surface area contributed by atoms with Crippen LogP contribution in [0.4, 0.5) is 51.7 Å². The summed E-state index contributed by atoms with van der Waals surface area (Å²) in [5.74, 6) is 4.11. The average Bonchev–Trinajstić information content (AvgIpc) is 3.89. The first-order chi connectivity index (χ1) is 26.0. The molecule has 11 heteroatoms. The van der Waals surface area contributed by atoms with E-state index in [4.69, 9.17) is 0 Å². The number of unbranched alkanes of at least 4 members (excludes halogenated alkanes) is 1. The van der Waals surface area contributed by atoms with Crippen LogP contribution in [0.25, 0.3) is 0 Å². The third-order valence-corrected chi connectivity index (χ3v) is 9.32. The summed E-state index contributed by atoms with van der Waals surface area (Å²) in [6.07, 6.45) is 9.21. The minimum absolute atomic E-state index is 0. The predicted octanol–water partition coefficient (Wildman–Crippen LogP) is 8.82. The van der Waals surface area contributed by atoms with Crippen LogP contribution in [-0.4, -0.2) is 40.1 Å². The molecule has 0 spiro atoms. The third kappa shape index (κ3) is 7.60. The Bertz CT molecular complexity index is 2030. The fourth-order valence-electron chi connectivity index (χ4n) is 6.62. The number of pyridine rings is 2. The first-order valence-electron chi connectivity index (χ1n) is 17.9. The van der Waals surface area contributed by atoms with Crippen LogP contribution >= 0.6 is 0 Å². The molecule has 3 aromatic carbocycles. The quantitative estimate of drug-likeness (QED) is 0.104. The van der Waals surface area contributed by atoms with Gasteiger partial charge in [-0.15, -0.1) is 29.8 Å². The molecule has 3 aliphatic heterocycles. The zero-order valence-electron chi connectivity index (χ0n) is 30.4. The summed E-state index contributed by atoms with van der Waals surface area (Å²) >= 11 is 0. The molecule has 0 bridgehead atoms. The van der Waals surface area contributed by atoms with Gasteiger partial charge in [0.05, 0.1) is 0 Å². The Hall–Kier alpha value is -5.51. The third-order valence-electron chi connectivity index (χ3n) is 9.32. The number of anilines is 9. The first-order valence-corrected chi connectivity index (χ1v) is 17.9. The summed E-state index contributed by atoms with van der Waals surface area (Å²) in [6.45, 7) is 12.5. The van der Waals surface area contributed by atoms with Crippen LogP contribution in [0.2, 0.25) is 0 Å². The Balaban J connectivity index is 0.000000191. The molecule has 0 saturated heterocycles. The standard InChI is InChI=1S/C28H24N6.C15H16N4.Ir/c1-3-11-23(12-4-1)33-21-31(25-15-9-17-29-27(25)33)19-7-8-20-32-22-34(24-13-5-2-6-14-24)28-26(32)16-10-18-30-28;1-11(2)12-5-4-6-13(9-12)19-10-18(3)14-15(19)17-8-7-16-14;/h1-6,9-11,13,15-18,21-22H,7-8,19-20H2;4-5,7-11H,1-3H3;/q-4;-2;. The second-order valence-corrected chi connectivity index (χ2v) is 13.2. The normalized spacial score (nSPS) is 14.1. The summed E-state index contributed by atoms with van der Waals surface area (Å²) in [6, 6.07) is 40.4. The predicted molar refractivity (Wildman–Crippen MR) is 212 cm³/mol. The van der Waals surface area contributed by atoms with Gasteiger partial charge in [-0.1, -0.05) is 13.8 Å². The van der Waals surface area contributed by atoms with E-state index in [-0.39, 0.29) is 20.1 Å². The molecule has 9 rings (SSSR count). The van der Waals surface area contributed by atoms with E-state index < -0.39 is 0 Å². The molecule has 6 aromatic rings. The molecular formula is C43H40IrN10-6. The number of hydrogen-bond acceptors (Lipinski definition) is 10. The molecule has 0 N–H and O–H groups in total. The van der Waals surface area contributed by atoms with Gasteiger partial charge in [0.1, 0.15) is 23.3 Å².